The maximum atomic E-state index is 12.9. The van der Waals surface area contributed by atoms with Gasteiger partial charge in [-0.3, -0.25) is 9.59 Å². The molecule has 1 fully saturated rings. The summed E-state index contributed by atoms with van der Waals surface area (Å²) in [5.74, 6) is 2.82. The third kappa shape index (κ3) is 5.72. The van der Waals surface area contributed by atoms with Crippen LogP contribution < -0.4 is 4.74 Å². The van der Waals surface area contributed by atoms with E-state index in [0.717, 1.165) is 55.9 Å². The van der Waals surface area contributed by atoms with Gasteiger partial charge in [0.1, 0.15) is 17.3 Å². The second-order valence-corrected chi connectivity index (χ2v) is 7.64. The van der Waals surface area contributed by atoms with Crippen LogP contribution in [0.1, 0.15) is 80.3 Å². The van der Waals surface area contributed by atoms with Gasteiger partial charge in [-0.25, -0.2) is 0 Å². The van der Waals surface area contributed by atoms with Gasteiger partial charge >= 0.3 is 0 Å². The number of carbonyl (C=O) groups excluding carboxylic acids is 2. The first-order chi connectivity index (χ1) is 14.1. The van der Waals surface area contributed by atoms with Gasteiger partial charge in [0.25, 0.3) is 0 Å². The third-order valence-electron chi connectivity index (χ3n) is 5.50. The Hall–Kier alpha value is -2.56. The largest absolute Gasteiger partial charge is 0.494 e. The number of amides is 1. The molecule has 1 amide bonds. The van der Waals surface area contributed by atoms with Gasteiger partial charge in [0.05, 0.1) is 12.6 Å². The van der Waals surface area contributed by atoms with Crippen molar-refractivity contribution in [3.8, 4) is 5.75 Å². The van der Waals surface area contributed by atoms with Crippen molar-refractivity contribution in [3.05, 3.63) is 53.5 Å². The molecule has 1 aliphatic rings. The lowest BCUT2D eigenvalue weighted by Gasteiger charge is -2.29. The normalized spacial score (nSPS) is 17.0. The molecule has 0 aliphatic carbocycles. The highest BCUT2D eigenvalue weighted by atomic mass is 16.5. The van der Waals surface area contributed by atoms with E-state index in [1.54, 1.807) is 31.2 Å². The van der Waals surface area contributed by atoms with Crippen LogP contribution in [0.4, 0.5) is 0 Å². The maximum Gasteiger partial charge on any atom is 0.223 e. The number of hydrogen-bond donors (Lipinski definition) is 0. The van der Waals surface area contributed by atoms with Crippen LogP contribution in [0.15, 0.2) is 40.8 Å². The monoisotopic (exact) mass is 397 g/mol. The molecule has 29 heavy (non-hydrogen) atoms. The Labute approximate surface area is 173 Å². The summed E-state index contributed by atoms with van der Waals surface area (Å²) in [7, 11) is 0. The van der Waals surface area contributed by atoms with Gasteiger partial charge in [0.15, 0.2) is 5.78 Å². The topological polar surface area (TPSA) is 59.8 Å². The van der Waals surface area contributed by atoms with Gasteiger partial charge in [0, 0.05) is 24.9 Å². The highest BCUT2D eigenvalue weighted by Gasteiger charge is 2.28. The standard InChI is InChI=1S/C24H31NO4/c1-3-20-14-15-23(29-20)22-8-5-4-6-16-25(22)24(27)9-7-17-28-21-12-10-19(11-13-21)18(2)26/h10-15,22H,3-9,16-17H2,1-2H3. The van der Waals surface area contributed by atoms with Crippen LogP contribution >= 0.6 is 0 Å². The second-order valence-electron chi connectivity index (χ2n) is 7.64. The molecule has 1 atom stereocenters. The number of Topliss-reactive ketones (excluding diaryl/α,β-unsaturated/α-hetero) is 1. The lowest BCUT2D eigenvalue weighted by molar-refractivity contribution is -0.134. The van der Waals surface area contributed by atoms with E-state index in [9.17, 15) is 9.59 Å². The quantitative estimate of drug-likeness (QED) is 0.445. The van der Waals surface area contributed by atoms with Crippen LogP contribution in [0, 0.1) is 0 Å². The van der Waals surface area contributed by atoms with Crippen LogP contribution in [0.2, 0.25) is 0 Å². The summed E-state index contributed by atoms with van der Waals surface area (Å²) in [6.45, 7) is 4.89. The number of ether oxygens (including phenoxy) is 1. The Morgan fingerprint density at radius 1 is 1.10 bits per heavy atom. The summed E-state index contributed by atoms with van der Waals surface area (Å²) >= 11 is 0. The average Bonchev–Trinajstić information content (AvgIpc) is 3.07. The van der Waals surface area contributed by atoms with Crippen LogP contribution in [0.5, 0.6) is 5.75 Å². The van der Waals surface area contributed by atoms with Crippen molar-refractivity contribution >= 4 is 11.7 Å². The summed E-state index contributed by atoms with van der Waals surface area (Å²) < 4.78 is 11.7. The second kappa shape index (κ2) is 10.3. The molecule has 3 rings (SSSR count). The SMILES string of the molecule is CCc1ccc(C2CCCCCN2C(=O)CCCOc2ccc(C(C)=O)cc2)o1. The minimum Gasteiger partial charge on any atom is -0.494 e. The first kappa shape index (κ1) is 21.2. The summed E-state index contributed by atoms with van der Waals surface area (Å²) in [4.78, 5) is 26.3. The summed E-state index contributed by atoms with van der Waals surface area (Å²) in [5.41, 5.74) is 0.670. The van der Waals surface area contributed by atoms with Crippen molar-refractivity contribution in [1.29, 1.82) is 0 Å². The zero-order chi connectivity index (χ0) is 20.6. The van der Waals surface area contributed by atoms with E-state index in [2.05, 4.69) is 6.92 Å². The van der Waals surface area contributed by atoms with Crippen molar-refractivity contribution in [2.24, 2.45) is 0 Å². The Bertz CT molecular complexity index is 809. The average molecular weight is 398 g/mol. The molecule has 1 saturated heterocycles. The predicted molar refractivity (Wildman–Crippen MR) is 112 cm³/mol. The van der Waals surface area contributed by atoms with Crippen LogP contribution in [0.3, 0.4) is 0 Å². The first-order valence-corrected chi connectivity index (χ1v) is 10.7. The lowest BCUT2D eigenvalue weighted by Crippen LogP contribution is -2.34. The van der Waals surface area contributed by atoms with E-state index in [1.165, 1.54) is 0 Å². The predicted octanol–water partition coefficient (Wildman–Crippen LogP) is 5.35. The molecule has 0 bridgehead atoms. The minimum absolute atomic E-state index is 0.0387. The molecular weight excluding hydrogens is 366 g/mol. The van der Waals surface area contributed by atoms with Gasteiger partial charge in [-0.15, -0.1) is 0 Å². The lowest BCUT2D eigenvalue weighted by atomic mass is 10.1. The van der Waals surface area contributed by atoms with Crippen molar-refractivity contribution in [1.82, 2.24) is 4.90 Å². The maximum absolute atomic E-state index is 12.9. The Balaban J connectivity index is 1.52. The van der Waals surface area contributed by atoms with Gasteiger partial charge in [-0.1, -0.05) is 19.8 Å². The molecule has 0 spiro atoms. The van der Waals surface area contributed by atoms with E-state index in [1.807, 2.05) is 17.0 Å². The molecular formula is C24H31NO4. The number of hydrogen-bond acceptors (Lipinski definition) is 4. The molecule has 0 N–H and O–H groups in total. The molecule has 1 aromatic heterocycles. The molecule has 0 saturated carbocycles. The van der Waals surface area contributed by atoms with Crippen molar-refractivity contribution in [2.45, 2.75) is 64.8 Å². The number of rotatable bonds is 8. The molecule has 1 aromatic carbocycles. The zero-order valence-electron chi connectivity index (χ0n) is 17.5. The fourth-order valence-corrected chi connectivity index (χ4v) is 3.81. The molecule has 1 aliphatic heterocycles. The van der Waals surface area contributed by atoms with Crippen LogP contribution in [-0.2, 0) is 11.2 Å². The number of furan rings is 1. The Kier molecular flexibility index (Phi) is 7.50. The molecule has 2 heterocycles. The fourth-order valence-electron chi connectivity index (χ4n) is 3.81. The van der Waals surface area contributed by atoms with Gasteiger partial charge in [-0.2, -0.15) is 0 Å². The van der Waals surface area contributed by atoms with Gasteiger partial charge in [-0.05, 0) is 62.6 Å². The molecule has 5 heteroatoms. The number of carbonyl (C=O) groups is 2. The van der Waals surface area contributed by atoms with E-state index >= 15 is 0 Å². The number of nitrogens with zero attached hydrogens (tertiary/aromatic N) is 1. The Morgan fingerprint density at radius 2 is 1.90 bits per heavy atom. The fraction of sp³-hybridized carbons (Fsp3) is 0.500. The molecule has 2 aromatic rings. The van der Waals surface area contributed by atoms with E-state index < -0.39 is 0 Å². The number of ketones is 1. The van der Waals surface area contributed by atoms with Crippen LogP contribution in [-0.4, -0.2) is 29.7 Å². The summed E-state index contributed by atoms with van der Waals surface area (Å²) in [6, 6.07) is 11.2. The smallest absolute Gasteiger partial charge is 0.223 e. The van der Waals surface area contributed by atoms with Crippen molar-refractivity contribution < 1.29 is 18.7 Å². The zero-order valence-corrected chi connectivity index (χ0v) is 17.5. The Morgan fingerprint density at radius 3 is 2.59 bits per heavy atom. The van der Waals surface area contributed by atoms with Gasteiger partial charge < -0.3 is 14.1 Å². The highest BCUT2D eigenvalue weighted by Crippen LogP contribution is 2.32. The molecule has 0 radical (unpaired) electrons. The van der Waals surface area contributed by atoms with Crippen molar-refractivity contribution in [2.75, 3.05) is 13.2 Å². The first-order valence-electron chi connectivity index (χ1n) is 10.7. The number of likely N-dealkylation sites (tertiary alicyclic amines) is 1. The van der Waals surface area contributed by atoms with E-state index in [-0.39, 0.29) is 17.7 Å². The minimum atomic E-state index is 0.0387. The number of aryl methyl sites for hydroxylation is 1. The summed E-state index contributed by atoms with van der Waals surface area (Å²) in [5, 5.41) is 0. The van der Waals surface area contributed by atoms with E-state index in [4.69, 9.17) is 9.15 Å². The van der Waals surface area contributed by atoms with E-state index in [0.29, 0.717) is 25.0 Å². The number of benzene rings is 1. The van der Waals surface area contributed by atoms with Crippen LogP contribution in [0.25, 0.3) is 0 Å². The third-order valence-corrected chi connectivity index (χ3v) is 5.50. The molecule has 156 valence electrons. The van der Waals surface area contributed by atoms with Crippen molar-refractivity contribution in [3.63, 3.8) is 0 Å². The molecule has 1 unspecified atom stereocenters. The highest BCUT2D eigenvalue weighted by molar-refractivity contribution is 5.94. The van der Waals surface area contributed by atoms with Gasteiger partial charge in [0.2, 0.25) is 5.91 Å². The summed E-state index contributed by atoms with van der Waals surface area (Å²) in [6.07, 6.45) is 6.27. The molecule has 5 nitrogen and oxygen atoms in total.